The average molecular weight is 164 g/mol. The molecule has 0 bridgehead atoms. The summed E-state index contributed by atoms with van der Waals surface area (Å²) in [7, 11) is 0. The molecule has 0 spiro atoms. The minimum atomic E-state index is -0.405. The fourth-order valence-corrected chi connectivity index (χ4v) is 1.06. The van der Waals surface area contributed by atoms with E-state index in [4.69, 9.17) is 11.0 Å². The van der Waals surface area contributed by atoms with E-state index in [1.807, 2.05) is 13.0 Å². The summed E-state index contributed by atoms with van der Waals surface area (Å²) in [4.78, 5) is 0. The third-order valence-corrected chi connectivity index (χ3v) is 1.73. The molecule has 0 atom stereocenters. The molecule has 3 heteroatoms. The molecule has 0 saturated heterocycles. The standard InChI is InChI=1S/C9H9FN2/c1-2-6-3-8(10)4-7(5-11)9(6)12/h3-4H,2,12H2,1H3. The van der Waals surface area contributed by atoms with Gasteiger partial charge in [-0.25, -0.2) is 4.39 Å². The highest BCUT2D eigenvalue weighted by atomic mass is 19.1. The Kier molecular flexibility index (Phi) is 2.29. The first-order valence-corrected chi connectivity index (χ1v) is 3.67. The van der Waals surface area contributed by atoms with E-state index in [2.05, 4.69) is 0 Å². The van der Waals surface area contributed by atoms with Crippen LogP contribution in [-0.2, 0) is 6.42 Å². The summed E-state index contributed by atoms with van der Waals surface area (Å²) < 4.78 is 12.8. The van der Waals surface area contributed by atoms with Gasteiger partial charge in [0.05, 0.1) is 11.3 Å². The number of nitrogens with two attached hydrogens (primary N) is 1. The Hall–Kier alpha value is -1.56. The van der Waals surface area contributed by atoms with Crippen molar-refractivity contribution in [2.75, 3.05) is 5.73 Å². The van der Waals surface area contributed by atoms with Crippen LogP contribution in [0, 0.1) is 17.1 Å². The zero-order chi connectivity index (χ0) is 9.14. The first kappa shape index (κ1) is 8.54. The molecule has 1 aromatic carbocycles. The molecular weight excluding hydrogens is 155 g/mol. The molecule has 1 rings (SSSR count). The van der Waals surface area contributed by atoms with Gasteiger partial charge in [0.1, 0.15) is 11.9 Å². The zero-order valence-electron chi connectivity index (χ0n) is 6.76. The number of nitriles is 1. The molecule has 12 heavy (non-hydrogen) atoms. The van der Waals surface area contributed by atoms with Crippen LogP contribution in [0.2, 0.25) is 0 Å². The van der Waals surface area contributed by atoms with Crippen molar-refractivity contribution < 1.29 is 4.39 Å². The van der Waals surface area contributed by atoms with Gasteiger partial charge in [0.25, 0.3) is 0 Å². The number of benzene rings is 1. The molecule has 1 aromatic rings. The van der Waals surface area contributed by atoms with Crippen molar-refractivity contribution in [2.24, 2.45) is 0 Å². The van der Waals surface area contributed by atoms with E-state index in [0.29, 0.717) is 17.7 Å². The lowest BCUT2D eigenvalue weighted by Crippen LogP contribution is -1.97. The Morgan fingerprint density at radius 1 is 1.58 bits per heavy atom. The van der Waals surface area contributed by atoms with Crippen molar-refractivity contribution in [3.63, 3.8) is 0 Å². The van der Waals surface area contributed by atoms with Crippen molar-refractivity contribution >= 4 is 5.69 Å². The van der Waals surface area contributed by atoms with Gasteiger partial charge in [-0.2, -0.15) is 5.26 Å². The van der Waals surface area contributed by atoms with Crippen LogP contribution in [0.1, 0.15) is 18.1 Å². The van der Waals surface area contributed by atoms with E-state index in [1.165, 1.54) is 6.07 Å². The van der Waals surface area contributed by atoms with Crippen LogP contribution in [0.3, 0.4) is 0 Å². The van der Waals surface area contributed by atoms with Gasteiger partial charge in [0, 0.05) is 0 Å². The molecule has 0 fully saturated rings. The second-order valence-corrected chi connectivity index (χ2v) is 2.49. The summed E-state index contributed by atoms with van der Waals surface area (Å²) in [6.07, 6.45) is 0.637. The van der Waals surface area contributed by atoms with Gasteiger partial charge in [0.2, 0.25) is 0 Å². The molecule has 0 aliphatic carbocycles. The molecule has 0 radical (unpaired) electrons. The largest absolute Gasteiger partial charge is 0.397 e. The Labute approximate surface area is 70.4 Å². The molecule has 2 nitrogen and oxygen atoms in total. The monoisotopic (exact) mass is 164 g/mol. The molecule has 0 saturated carbocycles. The SMILES string of the molecule is CCc1cc(F)cc(C#N)c1N. The highest BCUT2D eigenvalue weighted by Gasteiger charge is 2.05. The van der Waals surface area contributed by atoms with Gasteiger partial charge in [-0.15, -0.1) is 0 Å². The third kappa shape index (κ3) is 1.37. The third-order valence-electron chi connectivity index (χ3n) is 1.73. The molecular formula is C9H9FN2. The predicted molar refractivity (Wildman–Crippen MR) is 44.9 cm³/mol. The highest BCUT2D eigenvalue weighted by Crippen LogP contribution is 2.19. The number of aryl methyl sites for hydroxylation is 1. The molecule has 0 aliphatic heterocycles. The van der Waals surface area contributed by atoms with Crippen LogP contribution in [0.4, 0.5) is 10.1 Å². The van der Waals surface area contributed by atoms with E-state index in [-0.39, 0.29) is 5.56 Å². The summed E-state index contributed by atoms with van der Waals surface area (Å²) >= 11 is 0. The molecule has 0 amide bonds. The van der Waals surface area contributed by atoms with Crippen molar-refractivity contribution in [1.29, 1.82) is 5.26 Å². The lowest BCUT2D eigenvalue weighted by Gasteiger charge is -2.03. The maximum absolute atomic E-state index is 12.8. The van der Waals surface area contributed by atoms with Crippen LogP contribution >= 0.6 is 0 Å². The van der Waals surface area contributed by atoms with Crippen LogP contribution in [-0.4, -0.2) is 0 Å². The van der Waals surface area contributed by atoms with Crippen LogP contribution in [0.5, 0.6) is 0 Å². The van der Waals surface area contributed by atoms with Crippen molar-refractivity contribution in [3.05, 3.63) is 29.1 Å². The maximum Gasteiger partial charge on any atom is 0.124 e. The average Bonchev–Trinajstić information content (AvgIpc) is 2.08. The summed E-state index contributed by atoms with van der Waals surface area (Å²) in [5.74, 6) is -0.405. The molecule has 0 aliphatic rings. The Morgan fingerprint density at radius 3 is 2.75 bits per heavy atom. The quantitative estimate of drug-likeness (QED) is 0.644. The number of hydrogen-bond acceptors (Lipinski definition) is 2. The van der Waals surface area contributed by atoms with Crippen LogP contribution < -0.4 is 5.73 Å². The van der Waals surface area contributed by atoms with Gasteiger partial charge in [-0.05, 0) is 24.1 Å². The summed E-state index contributed by atoms with van der Waals surface area (Å²) in [5, 5.41) is 8.57. The number of anilines is 1. The topological polar surface area (TPSA) is 49.8 Å². The Bertz CT molecular complexity index is 339. The van der Waals surface area contributed by atoms with Gasteiger partial charge in [-0.1, -0.05) is 6.92 Å². The maximum atomic E-state index is 12.8. The molecule has 0 aromatic heterocycles. The van der Waals surface area contributed by atoms with Crippen molar-refractivity contribution in [2.45, 2.75) is 13.3 Å². The minimum absolute atomic E-state index is 0.215. The van der Waals surface area contributed by atoms with Gasteiger partial charge in [0.15, 0.2) is 0 Å². The molecule has 0 unspecified atom stereocenters. The Balaban J connectivity index is 3.34. The smallest absolute Gasteiger partial charge is 0.124 e. The summed E-state index contributed by atoms with van der Waals surface area (Å²) in [6.45, 7) is 1.87. The van der Waals surface area contributed by atoms with Gasteiger partial charge >= 0.3 is 0 Å². The fraction of sp³-hybridized carbons (Fsp3) is 0.222. The van der Waals surface area contributed by atoms with Crippen LogP contribution in [0.15, 0.2) is 12.1 Å². The van der Waals surface area contributed by atoms with E-state index < -0.39 is 5.82 Å². The predicted octanol–water partition coefficient (Wildman–Crippen LogP) is 1.84. The second-order valence-electron chi connectivity index (χ2n) is 2.49. The van der Waals surface area contributed by atoms with E-state index in [1.54, 1.807) is 0 Å². The number of nitrogens with zero attached hydrogens (tertiary/aromatic N) is 1. The highest BCUT2D eigenvalue weighted by molar-refractivity contribution is 5.59. The first-order chi connectivity index (χ1) is 5.69. The summed E-state index contributed by atoms with van der Waals surface area (Å²) in [6, 6.07) is 4.35. The van der Waals surface area contributed by atoms with Gasteiger partial charge in [-0.3, -0.25) is 0 Å². The zero-order valence-corrected chi connectivity index (χ0v) is 6.76. The number of rotatable bonds is 1. The lowest BCUT2D eigenvalue weighted by molar-refractivity contribution is 0.625. The van der Waals surface area contributed by atoms with Crippen molar-refractivity contribution in [1.82, 2.24) is 0 Å². The summed E-state index contributed by atoms with van der Waals surface area (Å²) in [5.41, 5.74) is 6.88. The number of hydrogen-bond donors (Lipinski definition) is 1. The van der Waals surface area contributed by atoms with E-state index >= 15 is 0 Å². The molecule has 2 N–H and O–H groups in total. The van der Waals surface area contributed by atoms with Crippen molar-refractivity contribution in [3.8, 4) is 6.07 Å². The van der Waals surface area contributed by atoms with E-state index in [0.717, 1.165) is 6.07 Å². The normalized spacial score (nSPS) is 9.42. The number of nitrogen functional groups attached to an aromatic ring is 1. The van der Waals surface area contributed by atoms with E-state index in [9.17, 15) is 4.39 Å². The number of halogens is 1. The first-order valence-electron chi connectivity index (χ1n) is 3.67. The van der Waals surface area contributed by atoms with Crippen LogP contribution in [0.25, 0.3) is 0 Å². The fourth-order valence-electron chi connectivity index (χ4n) is 1.06. The lowest BCUT2D eigenvalue weighted by atomic mass is 10.1. The minimum Gasteiger partial charge on any atom is -0.397 e. The molecule has 0 heterocycles. The Morgan fingerprint density at radius 2 is 2.25 bits per heavy atom. The van der Waals surface area contributed by atoms with Gasteiger partial charge < -0.3 is 5.73 Å². The second kappa shape index (κ2) is 3.22. The molecule has 62 valence electrons.